The minimum absolute atomic E-state index is 0.186. The Kier molecular flexibility index (Phi) is 5.83. The molecular formula is C19H24N2OS. The zero-order chi connectivity index (χ0) is 15.9. The molecule has 0 unspecified atom stereocenters. The number of carbonyl (C=O) groups is 1. The van der Waals surface area contributed by atoms with Gasteiger partial charge < -0.3 is 5.32 Å². The summed E-state index contributed by atoms with van der Waals surface area (Å²) >= 11 is 1.75. The van der Waals surface area contributed by atoms with Gasteiger partial charge in [-0.25, -0.2) is 0 Å². The highest BCUT2D eigenvalue weighted by Gasteiger charge is 2.24. The fourth-order valence-corrected chi connectivity index (χ4v) is 3.81. The first-order valence-electron chi connectivity index (χ1n) is 8.37. The molecular weight excluding hydrogens is 304 g/mol. The van der Waals surface area contributed by atoms with Gasteiger partial charge in [0.2, 0.25) is 5.91 Å². The number of carbonyl (C=O) groups excluding carboxylic acids is 1. The molecule has 1 aromatic heterocycles. The van der Waals surface area contributed by atoms with Crippen molar-refractivity contribution < 1.29 is 4.79 Å². The Labute approximate surface area is 142 Å². The van der Waals surface area contributed by atoms with Gasteiger partial charge in [-0.1, -0.05) is 36.4 Å². The van der Waals surface area contributed by atoms with E-state index in [4.69, 9.17) is 0 Å². The van der Waals surface area contributed by atoms with Crippen LogP contribution >= 0.6 is 11.3 Å². The number of benzene rings is 1. The van der Waals surface area contributed by atoms with Crippen molar-refractivity contribution in [1.29, 1.82) is 0 Å². The number of likely N-dealkylation sites (tertiary alicyclic amines) is 1. The van der Waals surface area contributed by atoms with Crippen LogP contribution in [0.1, 0.15) is 23.3 Å². The highest BCUT2D eigenvalue weighted by molar-refractivity contribution is 7.09. The second kappa shape index (κ2) is 8.27. The summed E-state index contributed by atoms with van der Waals surface area (Å²) < 4.78 is 0. The zero-order valence-corrected chi connectivity index (χ0v) is 14.2. The van der Waals surface area contributed by atoms with Gasteiger partial charge >= 0.3 is 0 Å². The molecule has 2 heterocycles. The third-order valence-corrected chi connectivity index (χ3v) is 5.39. The molecule has 3 nitrogen and oxygen atoms in total. The maximum Gasteiger partial charge on any atom is 0.223 e. The van der Waals surface area contributed by atoms with Crippen LogP contribution in [0, 0.1) is 5.92 Å². The Morgan fingerprint density at radius 3 is 2.61 bits per heavy atom. The molecule has 1 aliphatic heterocycles. The van der Waals surface area contributed by atoms with E-state index in [1.165, 1.54) is 10.4 Å². The first-order chi connectivity index (χ1) is 11.3. The largest absolute Gasteiger partial charge is 0.355 e. The Morgan fingerprint density at radius 1 is 1.13 bits per heavy atom. The van der Waals surface area contributed by atoms with Gasteiger partial charge in [-0.05, 0) is 49.4 Å². The number of amides is 1. The number of rotatable bonds is 6. The molecule has 1 aromatic carbocycles. The molecule has 1 N–H and O–H groups in total. The molecule has 0 aliphatic carbocycles. The summed E-state index contributed by atoms with van der Waals surface area (Å²) in [7, 11) is 0. The van der Waals surface area contributed by atoms with Gasteiger partial charge in [0.1, 0.15) is 0 Å². The fraction of sp³-hybridized carbons (Fsp3) is 0.421. The Morgan fingerprint density at radius 2 is 1.91 bits per heavy atom. The molecule has 1 saturated heterocycles. The number of nitrogens with one attached hydrogen (secondary N) is 1. The molecule has 122 valence electrons. The van der Waals surface area contributed by atoms with Gasteiger partial charge in [0.15, 0.2) is 0 Å². The summed E-state index contributed by atoms with van der Waals surface area (Å²) in [5.41, 5.74) is 1.35. The number of hydrogen-bond acceptors (Lipinski definition) is 3. The molecule has 2 aromatic rings. The predicted octanol–water partition coefficient (Wildman–Crippen LogP) is 3.32. The van der Waals surface area contributed by atoms with E-state index >= 15 is 0 Å². The van der Waals surface area contributed by atoms with E-state index < -0.39 is 0 Å². The van der Waals surface area contributed by atoms with Crippen molar-refractivity contribution in [2.75, 3.05) is 19.6 Å². The molecule has 0 atom stereocenters. The molecule has 0 bridgehead atoms. The average molecular weight is 328 g/mol. The van der Waals surface area contributed by atoms with Crippen LogP contribution in [0.5, 0.6) is 0 Å². The molecule has 0 radical (unpaired) electrons. The fourth-order valence-electron chi connectivity index (χ4n) is 3.10. The summed E-state index contributed by atoms with van der Waals surface area (Å²) in [4.78, 5) is 16.1. The lowest BCUT2D eigenvalue weighted by atomic mass is 9.95. The second-order valence-corrected chi connectivity index (χ2v) is 7.19. The molecule has 0 saturated carbocycles. The summed E-state index contributed by atoms with van der Waals surface area (Å²) in [6.45, 7) is 3.77. The topological polar surface area (TPSA) is 32.3 Å². The zero-order valence-electron chi connectivity index (χ0n) is 13.4. The van der Waals surface area contributed by atoms with Crippen LogP contribution in [0.2, 0.25) is 0 Å². The lowest BCUT2D eigenvalue weighted by molar-refractivity contribution is -0.126. The van der Waals surface area contributed by atoms with Crippen LogP contribution in [-0.2, 0) is 17.8 Å². The van der Waals surface area contributed by atoms with E-state index in [0.29, 0.717) is 0 Å². The van der Waals surface area contributed by atoms with Gasteiger partial charge in [-0.3, -0.25) is 9.69 Å². The highest BCUT2D eigenvalue weighted by atomic mass is 32.1. The Balaban J connectivity index is 1.37. The van der Waals surface area contributed by atoms with Crippen molar-refractivity contribution in [3.05, 3.63) is 58.3 Å². The molecule has 0 spiro atoms. The van der Waals surface area contributed by atoms with E-state index in [-0.39, 0.29) is 11.8 Å². The van der Waals surface area contributed by atoms with Crippen LogP contribution in [-0.4, -0.2) is 30.4 Å². The number of thiophene rings is 1. The maximum atomic E-state index is 12.3. The normalized spacial score (nSPS) is 16.3. The van der Waals surface area contributed by atoms with Crippen molar-refractivity contribution in [3.63, 3.8) is 0 Å². The third kappa shape index (κ3) is 4.91. The van der Waals surface area contributed by atoms with Crippen LogP contribution in [0.25, 0.3) is 0 Å². The van der Waals surface area contributed by atoms with Crippen LogP contribution in [0.4, 0.5) is 0 Å². The average Bonchev–Trinajstić information content (AvgIpc) is 3.10. The molecule has 1 aliphatic rings. The maximum absolute atomic E-state index is 12.3. The standard InChI is InChI=1S/C19H24N2OS/c22-19(20-11-8-18-7-4-14-23-18)17-9-12-21(13-10-17)15-16-5-2-1-3-6-16/h1-7,14,17H,8-13,15H2,(H,20,22). The van der Waals surface area contributed by atoms with Gasteiger partial charge in [0.05, 0.1) is 0 Å². The van der Waals surface area contributed by atoms with E-state index in [0.717, 1.165) is 45.4 Å². The summed E-state index contributed by atoms with van der Waals surface area (Å²) in [6, 6.07) is 14.7. The van der Waals surface area contributed by atoms with Gasteiger partial charge in [0.25, 0.3) is 0 Å². The van der Waals surface area contributed by atoms with Crippen LogP contribution < -0.4 is 5.32 Å². The first-order valence-corrected chi connectivity index (χ1v) is 9.25. The van der Waals surface area contributed by atoms with Crippen LogP contribution in [0.15, 0.2) is 47.8 Å². The SMILES string of the molecule is O=C(NCCc1cccs1)C1CCN(Cc2ccccc2)CC1. The van der Waals surface area contributed by atoms with Crippen molar-refractivity contribution in [2.24, 2.45) is 5.92 Å². The van der Waals surface area contributed by atoms with Gasteiger partial charge in [-0.15, -0.1) is 11.3 Å². The molecule has 3 rings (SSSR count). The van der Waals surface area contributed by atoms with Crippen molar-refractivity contribution in [3.8, 4) is 0 Å². The lowest BCUT2D eigenvalue weighted by Crippen LogP contribution is -2.40. The van der Waals surface area contributed by atoms with E-state index in [2.05, 4.69) is 58.1 Å². The second-order valence-electron chi connectivity index (χ2n) is 6.16. The third-order valence-electron chi connectivity index (χ3n) is 4.46. The van der Waals surface area contributed by atoms with E-state index in [1.807, 2.05) is 0 Å². The summed E-state index contributed by atoms with van der Waals surface area (Å²) in [5.74, 6) is 0.422. The molecule has 23 heavy (non-hydrogen) atoms. The number of hydrogen-bond donors (Lipinski definition) is 1. The van der Waals surface area contributed by atoms with Crippen molar-refractivity contribution in [1.82, 2.24) is 10.2 Å². The summed E-state index contributed by atoms with van der Waals surface area (Å²) in [6.07, 6.45) is 2.88. The molecule has 1 fully saturated rings. The van der Waals surface area contributed by atoms with Crippen molar-refractivity contribution >= 4 is 17.2 Å². The molecule has 4 heteroatoms. The predicted molar refractivity (Wildman–Crippen MR) is 95.5 cm³/mol. The molecule has 1 amide bonds. The highest BCUT2D eigenvalue weighted by Crippen LogP contribution is 2.19. The van der Waals surface area contributed by atoms with Gasteiger partial charge in [0, 0.05) is 23.9 Å². The van der Waals surface area contributed by atoms with Crippen molar-refractivity contribution in [2.45, 2.75) is 25.8 Å². The first kappa shape index (κ1) is 16.2. The smallest absolute Gasteiger partial charge is 0.223 e. The summed E-state index contributed by atoms with van der Waals surface area (Å²) in [5, 5.41) is 5.19. The van der Waals surface area contributed by atoms with E-state index in [9.17, 15) is 4.79 Å². The van der Waals surface area contributed by atoms with Crippen LogP contribution in [0.3, 0.4) is 0 Å². The minimum Gasteiger partial charge on any atom is -0.355 e. The monoisotopic (exact) mass is 328 g/mol. The minimum atomic E-state index is 0.186. The van der Waals surface area contributed by atoms with E-state index in [1.54, 1.807) is 11.3 Å². The number of piperidine rings is 1. The quantitative estimate of drug-likeness (QED) is 0.882. The lowest BCUT2D eigenvalue weighted by Gasteiger charge is -2.31. The Bertz CT molecular complexity index is 589. The Hall–Kier alpha value is -1.65. The number of nitrogens with zero attached hydrogens (tertiary/aromatic N) is 1. The van der Waals surface area contributed by atoms with Gasteiger partial charge in [-0.2, -0.15) is 0 Å².